The van der Waals surface area contributed by atoms with Crippen LogP contribution in [0, 0.1) is 16.0 Å². The van der Waals surface area contributed by atoms with E-state index in [0.29, 0.717) is 11.4 Å². The maximum atomic E-state index is 12.8. The Kier molecular flexibility index (Phi) is 4.94. The molecule has 1 N–H and O–H groups in total. The number of carbonyl (C=O) groups excluding carboxylic acids is 2. The van der Waals surface area contributed by atoms with Gasteiger partial charge >= 0.3 is 0 Å². The number of nitrogens with zero attached hydrogens (tertiary/aromatic N) is 2. The quantitative estimate of drug-likeness (QED) is 0.603. The molecule has 1 aromatic carbocycles. The van der Waals surface area contributed by atoms with Crippen molar-refractivity contribution in [1.29, 1.82) is 0 Å². The molecule has 1 heterocycles. The summed E-state index contributed by atoms with van der Waals surface area (Å²) < 4.78 is 10.2. The van der Waals surface area contributed by atoms with Gasteiger partial charge in [-0.2, -0.15) is 0 Å². The van der Waals surface area contributed by atoms with Gasteiger partial charge < -0.3 is 14.8 Å². The van der Waals surface area contributed by atoms with E-state index in [1.165, 1.54) is 20.3 Å². The van der Waals surface area contributed by atoms with Crippen molar-refractivity contribution in [2.24, 2.45) is 10.9 Å². The molecule has 2 aliphatic carbocycles. The summed E-state index contributed by atoms with van der Waals surface area (Å²) in [5, 5.41) is 14.3. The van der Waals surface area contributed by atoms with Crippen LogP contribution in [0.2, 0.25) is 0 Å². The van der Waals surface area contributed by atoms with Crippen molar-refractivity contribution in [3.8, 4) is 11.5 Å². The summed E-state index contributed by atoms with van der Waals surface area (Å²) in [6.07, 6.45) is 7.83. The molecule has 0 bridgehead atoms. The molecule has 0 saturated carbocycles. The van der Waals surface area contributed by atoms with Crippen LogP contribution >= 0.6 is 0 Å². The number of hydrogen-bond acceptors (Lipinski definition) is 6. The monoisotopic (exact) mass is 409 g/mol. The molecule has 1 aromatic rings. The number of benzene rings is 1. The Balaban J connectivity index is 1.69. The van der Waals surface area contributed by atoms with Gasteiger partial charge in [0.05, 0.1) is 30.9 Å². The molecule has 0 aromatic heterocycles. The Morgan fingerprint density at radius 2 is 1.97 bits per heavy atom. The van der Waals surface area contributed by atoms with Crippen LogP contribution in [0.5, 0.6) is 11.5 Å². The molecule has 30 heavy (non-hydrogen) atoms. The number of nitro benzene ring substituents is 1. The highest BCUT2D eigenvalue weighted by atomic mass is 16.6. The number of fused-ring (bicyclic) bond motifs is 2. The number of nitro groups is 1. The van der Waals surface area contributed by atoms with Gasteiger partial charge in [0.15, 0.2) is 11.5 Å². The Labute approximate surface area is 171 Å². The number of ether oxygens (including phenoxy) is 2. The molecule has 0 radical (unpaired) electrons. The fraction of sp³-hybridized carbons (Fsp3) is 0.286. The second kappa shape index (κ2) is 7.58. The first kappa shape index (κ1) is 19.6. The molecule has 0 saturated heterocycles. The van der Waals surface area contributed by atoms with Crippen LogP contribution in [0.4, 0.5) is 5.69 Å². The number of amides is 2. The molecule has 1 atom stereocenters. The van der Waals surface area contributed by atoms with Gasteiger partial charge in [-0.1, -0.05) is 6.08 Å². The van der Waals surface area contributed by atoms with Crippen molar-refractivity contribution in [3.63, 3.8) is 0 Å². The second-order valence-electron chi connectivity index (χ2n) is 7.07. The molecule has 3 aliphatic rings. The number of allylic oxidation sites excluding steroid dienone is 3. The van der Waals surface area contributed by atoms with Gasteiger partial charge in [0.1, 0.15) is 5.56 Å². The third kappa shape index (κ3) is 3.28. The number of aliphatic imine (C=N–C) groups is 1. The summed E-state index contributed by atoms with van der Waals surface area (Å²) in [7, 11) is 2.72. The van der Waals surface area contributed by atoms with Gasteiger partial charge in [-0.25, -0.2) is 4.99 Å². The molecule has 9 nitrogen and oxygen atoms in total. The van der Waals surface area contributed by atoms with E-state index in [-0.39, 0.29) is 28.9 Å². The zero-order valence-electron chi connectivity index (χ0n) is 16.4. The van der Waals surface area contributed by atoms with Crippen molar-refractivity contribution in [2.45, 2.75) is 19.3 Å². The third-order valence-electron chi connectivity index (χ3n) is 5.43. The number of hydrogen-bond donors (Lipinski definition) is 1. The second-order valence-corrected chi connectivity index (χ2v) is 7.07. The van der Waals surface area contributed by atoms with Gasteiger partial charge in [0, 0.05) is 23.3 Å². The van der Waals surface area contributed by atoms with E-state index in [1.54, 1.807) is 12.2 Å². The van der Waals surface area contributed by atoms with E-state index in [4.69, 9.17) is 9.47 Å². The van der Waals surface area contributed by atoms with Gasteiger partial charge in [-0.3, -0.25) is 19.7 Å². The lowest BCUT2D eigenvalue weighted by molar-refractivity contribution is -0.385. The lowest BCUT2D eigenvalue weighted by Gasteiger charge is -2.28. The molecular weight excluding hydrogens is 390 g/mol. The smallest absolute Gasteiger partial charge is 0.286 e. The fourth-order valence-corrected chi connectivity index (χ4v) is 4.03. The molecule has 0 spiro atoms. The van der Waals surface area contributed by atoms with E-state index in [9.17, 15) is 19.7 Å². The van der Waals surface area contributed by atoms with E-state index >= 15 is 0 Å². The van der Waals surface area contributed by atoms with Gasteiger partial charge in [0.2, 0.25) is 0 Å². The van der Waals surface area contributed by atoms with E-state index in [0.717, 1.165) is 36.5 Å². The minimum atomic E-state index is -0.791. The highest BCUT2D eigenvalue weighted by Gasteiger charge is 2.34. The Bertz CT molecular complexity index is 1100. The van der Waals surface area contributed by atoms with Crippen LogP contribution in [-0.4, -0.2) is 36.7 Å². The average Bonchev–Trinajstić information content (AvgIpc) is 3.23. The van der Waals surface area contributed by atoms with Gasteiger partial charge in [-0.05, 0) is 37.0 Å². The molecule has 0 fully saturated rings. The van der Waals surface area contributed by atoms with Gasteiger partial charge in [0.25, 0.3) is 17.5 Å². The third-order valence-corrected chi connectivity index (χ3v) is 5.43. The molecule has 154 valence electrons. The van der Waals surface area contributed by atoms with E-state index in [1.807, 2.05) is 6.08 Å². The molecule has 1 aliphatic heterocycles. The van der Waals surface area contributed by atoms with Crippen LogP contribution in [0.25, 0.3) is 0 Å². The Hall–Kier alpha value is -3.75. The summed E-state index contributed by atoms with van der Waals surface area (Å²) in [6, 6.07) is 2.37. The highest BCUT2D eigenvalue weighted by Crippen LogP contribution is 2.40. The first-order valence-corrected chi connectivity index (χ1v) is 9.39. The Morgan fingerprint density at radius 1 is 1.23 bits per heavy atom. The van der Waals surface area contributed by atoms with Crippen LogP contribution in [0.1, 0.15) is 29.6 Å². The minimum absolute atomic E-state index is 0.0235. The van der Waals surface area contributed by atoms with Gasteiger partial charge in [-0.15, -0.1) is 0 Å². The average molecular weight is 409 g/mol. The fourth-order valence-electron chi connectivity index (χ4n) is 4.03. The highest BCUT2D eigenvalue weighted by molar-refractivity contribution is 6.15. The lowest BCUT2D eigenvalue weighted by Crippen LogP contribution is -2.35. The summed E-state index contributed by atoms with van der Waals surface area (Å²) >= 11 is 0. The van der Waals surface area contributed by atoms with E-state index < -0.39 is 16.5 Å². The molecular formula is C21H19N3O6. The summed E-state index contributed by atoms with van der Waals surface area (Å²) in [5.41, 5.74) is 2.28. The van der Waals surface area contributed by atoms with Crippen molar-refractivity contribution in [3.05, 3.63) is 62.9 Å². The van der Waals surface area contributed by atoms with E-state index in [2.05, 4.69) is 10.3 Å². The van der Waals surface area contributed by atoms with Crippen LogP contribution in [-0.2, 0) is 4.79 Å². The number of nitrogens with one attached hydrogen (secondary N) is 1. The molecule has 1 unspecified atom stereocenters. The molecule has 9 heteroatoms. The largest absolute Gasteiger partial charge is 0.493 e. The van der Waals surface area contributed by atoms with Crippen molar-refractivity contribution in [1.82, 2.24) is 5.32 Å². The zero-order chi connectivity index (χ0) is 21.4. The lowest BCUT2D eigenvalue weighted by atomic mass is 9.85. The molecule has 4 rings (SSSR count). The topological polar surface area (TPSA) is 120 Å². The number of rotatable bonds is 4. The van der Waals surface area contributed by atoms with Crippen molar-refractivity contribution in [2.75, 3.05) is 14.2 Å². The van der Waals surface area contributed by atoms with Crippen molar-refractivity contribution >= 4 is 23.2 Å². The number of methoxy groups -OCH3 is 2. The van der Waals surface area contributed by atoms with Crippen molar-refractivity contribution < 1.29 is 24.0 Å². The predicted molar refractivity (Wildman–Crippen MR) is 108 cm³/mol. The summed E-state index contributed by atoms with van der Waals surface area (Å²) in [5.74, 6) is -0.599. The van der Waals surface area contributed by atoms with Crippen LogP contribution in [0.15, 0.2) is 52.2 Å². The van der Waals surface area contributed by atoms with Crippen LogP contribution < -0.4 is 14.8 Å². The normalized spacial score (nSPS) is 21.0. The standard InChI is InChI=1S/C21H19N3O6/c1-29-18-9-15(17(24(27)28)10-19(18)30-2)21(26)22-11-6-7-13-12-4-3-5-14(12)20(25)23-16(13)8-11/h6-10,13H,3-5H2,1-2H3,(H,23,25). The maximum absolute atomic E-state index is 12.8. The SMILES string of the molecule is COc1cc(C(=O)N=C2C=CC3C(=C2)NC(=O)C2=C3CCC2)c([N+](=O)[O-])cc1OC. The predicted octanol–water partition coefficient (Wildman–Crippen LogP) is 2.87. The minimum Gasteiger partial charge on any atom is -0.493 e. The summed E-state index contributed by atoms with van der Waals surface area (Å²) in [4.78, 5) is 39.9. The summed E-state index contributed by atoms with van der Waals surface area (Å²) in [6.45, 7) is 0. The first-order valence-electron chi connectivity index (χ1n) is 9.39. The zero-order valence-corrected chi connectivity index (χ0v) is 16.4. The number of carbonyl (C=O) groups is 2. The maximum Gasteiger partial charge on any atom is 0.286 e. The molecule has 2 amide bonds. The Morgan fingerprint density at radius 3 is 2.67 bits per heavy atom. The van der Waals surface area contributed by atoms with Crippen LogP contribution in [0.3, 0.4) is 0 Å². The first-order chi connectivity index (χ1) is 14.4.